The number of anilines is 1. The number of nitrogens with zero attached hydrogens (tertiary/aromatic N) is 4. The number of aryl methyl sites for hydroxylation is 2. The first kappa shape index (κ1) is 17.4. The largest absolute Gasteiger partial charge is 0.439 e. The molecule has 1 aromatic carbocycles. The Morgan fingerprint density at radius 2 is 2.07 bits per heavy atom. The number of rotatable bonds is 2. The number of ether oxygens (including phenoxy) is 1. The van der Waals surface area contributed by atoms with E-state index >= 15 is 0 Å². The molecule has 28 heavy (non-hydrogen) atoms. The van der Waals surface area contributed by atoms with E-state index in [0.29, 0.717) is 5.88 Å². The van der Waals surface area contributed by atoms with Crippen LogP contribution in [0.1, 0.15) is 11.3 Å². The van der Waals surface area contributed by atoms with E-state index in [-0.39, 0.29) is 0 Å². The van der Waals surface area contributed by atoms with E-state index in [2.05, 4.69) is 59.6 Å². The van der Waals surface area contributed by atoms with Crippen LogP contribution in [-0.4, -0.2) is 26.1 Å². The zero-order valence-electron chi connectivity index (χ0n) is 15.5. The predicted octanol–water partition coefficient (Wildman–Crippen LogP) is 4.70. The lowest BCUT2D eigenvalue weighted by atomic mass is 9.96. The lowest BCUT2D eigenvalue weighted by molar-refractivity contribution is 0.461. The van der Waals surface area contributed by atoms with Crippen molar-refractivity contribution >= 4 is 39.4 Å². The minimum Gasteiger partial charge on any atom is -0.439 e. The van der Waals surface area contributed by atoms with Crippen LogP contribution in [0.15, 0.2) is 42.7 Å². The molecule has 0 aliphatic carbocycles. The summed E-state index contributed by atoms with van der Waals surface area (Å²) >= 11 is 2.39. The summed E-state index contributed by atoms with van der Waals surface area (Å²) in [6.45, 7) is 2.76. The van der Waals surface area contributed by atoms with Gasteiger partial charge in [-0.2, -0.15) is 0 Å². The number of benzene rings is 1. The summed E-state index contributed by atoms with van der Waals surface area (Å²) in [5.74, 6) is 2.30. The first-order valence-electron chi connectivity index (χ1n) is 9.09. The van der Waals surface area contributed by atoms with Gasteiger partial charge >= 0.3 is 0 Å². The van der Waals surface area contributed by atoms with Crippen LogP contribution in [-0.2, 0) is 13.5 Å². The second-order valence-electron chi connectivity index (χ2n) is 6.86. The smallest absolute Gasteiger partial charge is 0.219 e. The molecule has 0 saturated carbocycles. The predicted molar refractivity (Wildman–Crippen MR) is 118 cm³/mol. The first-order valence-corrected chi connectivity index (χ1v) is 10.2. The van der Waals surface area contributed by atoms with Crippen molar-refractivity contribution < 1.29 is 4.74 Å². The molecule has 0 unspecified atom stereocenters. The van der Waals surface area contributed by atoms with Crippen LogP contribution >= 0.6 is 22.6 Å². The first-order chi connectivity index (χ1) is 13.6. The highest BCUT2D eigenvalue weighted by molar-refractivity contribution is 14.1. The van der Waals surface area contributed by atoms with E-state index in [1.807, 2.05) is 38.2 Å². The van der Waals surface area contributed by atoms with Crippen molar-refractivity contribution in [2.45, 2.75) is 13.3 Å². The fourth-order valence-electron chi connectivity index (χ4n) is 3.70. The Morgan fingerprint density at radius 1 is 1.18 bits per heavy atom. The van der Waals surface area contributed by atoms with E-state index in [4.69, 9.17) is 4.74 Å². The molecule has 6 nitrogen and oxygen atoms in total. The van der Waals surface area contributed by atoms with Gasteiger partial charge in [0.25, 0.3) is 0 Å². The fourth-order valence-corrected chi connectivity index (χ4v) is 4.49. The van der Waals surface area contributed by atoms with Gasteiger partial charge in [0, 0.05) is 30.9 Å². The quantitative estimate of drug-likeness (QED) is 0.419. The highest BCUT2D eigenvalue weighted by atomic mass is 127. The number of fused-ring (bicyclic) bond motifs is 2. The second-order valence-corrected chi connectivity index (χ2v) is 7.88. The second kappa shape index (κ2) is 6.73. The van der Waals surface area contributed by atoms with E-state index in [9.17, 15) is 0 Å². The average Bonchev–Trinajstić information content (AvgIpc) is 2.92. The van der Waals surface area contributed by atoms with Crippen LogP contribution in [0.4, 0.5) is 5.82 Å². The molecule has 0 amide bonds. The normalized spacial score (nSPS) is 12.8. The molecule has 7 heteroatoms. The molecule has 0 bridgehead atoms. The van der Waals surface area contributed by atoms with E-state index in [1.54, 1.807) is 6.33 Å². The van der Waals surface area contributed by atoms with Crippen LogP contribution in [0.2, 0.25) is 0 Å². The molecule has 0 fully saturated rings. The molecule has 0 radical (unpaired) electrons. The van der Waals surface area contributed by atoms with Gasteiger partial charge in [-0.05, 0) is 65.3 Å². The standard InChI is InChI=1S/C21H18IN5O/c1-12-4-3-5-16(26-12)28-14-6-7-15-13(10-14)8-9-23-20-18-17(15)19(22)27(2)21(18)25-11-24-20/h3-7,10-11H,8-9H2,1-2H3,(H,23,24,25). The highest BCUT2D eigenvalue weighted by Gasteiger charge is 2.23. The van der Waals surface area contributed by atoms with Crippen molar-refractivity contribution in [1.82, 2.24) is 19.5 Å². The third-order valence-electron chi connectivity index (χ3n) is 5.01. The van der Waals surface area contributed by atoms with Crippen LogP contribution < -0.4 is 10.1 Å². The van der Waals surface area contributed by atoms with Gasteiger partial charge in [-0.15, -0.1) is 0 Å². The van der Waals surface area contributed by atoms with Crippen molar-refractivity contribution in [2.75, 3.05) is 11.9 Å². The number of pyridine rings is 1. The van der Waals surface area contributed by atoms with Crippen LogP contribution in [0, 0.1) is 10.6 Å². The molecule has 3 aromatic heterocycles. The zero-order chi connectivity index (χ0) is 19.3. The van der Waals surface area contributed by atoms with Crippen LogP contribution in [0.5, 0.6) is 11.6 Å². The molecule has 0 saturated heterocycles. The van der Waals surface area contributed by atoms with Gasteiger partial charge in [0.05, 0.1) is 9.09 Å². The van der Waals surface area contributed by atoms with Crippen molar-refractivity contribution in [2.24, 2.45) is 7.05 Å². The van der Waals surface area contributed by atoms with Gasteiger partial charge in [0.15, 0.2) is 0 Å². The lowest BCUT2D eigenvalue weighted by Gasteiger charge is -2.17. The molecular weight excluding hydrogens is 465 g/mol. The Kier molecular flexibility index (Phi) is 4.19. The SMILES string of the molecule is Cc1cccc(Oc2ccc3c(c2)CCNc2ncnc4c2c-3c(I)n4C)n1. The van der Waals surface area contributed by atoms with Crippen LogP contribution in [0.3, 0.4) is 0 Å². The summed E-state index contributed by atoms with van der Waals surface area (Å²) in [6.07, 6.45) is 2.50. The maximum atomic E-state index is 6.01. The Labute approximate surface area is 176 Å². The molecule has 5 rings (SSSR count). The number of hydrogen-bond acceptors (Lipinski definition) is 5. The molecule has 1 aliphatic rings. The molecule has 0 spiro atoms. The van der Waals surface area contributed by atoms with Gasteiger partial charge < -0.3 is 14.6 Å². The molecule has 4 heterocycles. The van der Waals surface area contributed by atoms with Gasteiger partial charge in [-0.25, -0.2) is 15.0 Å². The monoisotopic (exact) mass is 483 g/mol. The summed E-state index contributed by atoms with van der Waals surface area (Å²) in [6, 6.07) is 12.1. The number of nitrogens with one attached hydrogen (secondary N) is 1. The molecular formula is C21H18IN5O. The van der Waals surface area contributed by atoms with Gasteiger partial charge in [0.1, 0.15) is 23.5 Å². The number of hydrogen-bond donors (Lipinski definition) is 1. The van der Waals surface area contributed by atoms with Crippen molar-refractivity contribution in [3.8, 4) is 22.8 Å². The average molecular weight is 483 g/mol. The minimum atomic E-state index is 0.611. The van der Waals surface area contributed by atoms with Crippen molar-refractivity contribution in [1.29, 1.82) is 0 Å². The third kappa shape index (κ3) is 2.81. The summed E-state index contributed by atoms with van der Waals surface area (Å²) in [7, 11) is 2.04. The molecule has 0 atom stereocenters. The maximum Gasteiger partial charge on any atom is 0.219 e. The summed E-state index contributed by atoms with van der Waals surface area (Å²) in [4.78, 5) is 13.4. The molecule has 1 N–H and O–H groups in total. The van der Waals surface area contributed by atoms with Gasteiger partial charge in [0.2, 0.25) is 5.88 Å². The zero-order valence-corrected chi connectivity index (χ0v) is 17.7. The van der Waals surface area contributed by atoms with Crippen LogP contribution in [0.25, 0.3) is 22.2 Å². The van der Waals surface area contributed by atoms with Gasteiger partial charge in [-0.3, -0.25) is 0 Å². The van der Waals surface area contributed by atoms with Gasteiger partial charge in [-0.1, -0.05) is 12.1 Å². The van der Waals surface area contributed by atoms with Crippen molar-refractivity contribution in [3.63, 3.8) is 0 Å². The van der Waals surface area contributed by atoms with E-state index in [0.717, 1.165) is 45.0 Å². The lowest BCUT2D eigenvalue weighted by Crippen LogP contribution is -2.10. The van der Waals surface area contributed by atoms with E-state index < -0.39 is 0 Å². The Balaban J connectivity index is 1.66. The molecule has 140 valence electrons. The third-order valence-corrected chi connectivity index (χ3v) is 6.28. The summed E-state index contributed by atoms with van der Waals surface area (Å²) < 4.78 is 9.28. The van der Waals surface area contributed by atoms with Crippen molar-refractivity contribution in [3.05, 3.63) is 57.7 Å². The Hall–Kier alpha value is -2.68. The number of aromatic nitrogens is 4. The topological polar surface area (TPSA) is 64.9 Å². The summed E-state index contributed by atoms with van der Waals surface area (Å²) in [5.41, 5.74) is 5.49. The Bertz CT molecular complexity index is 1220. The molecule has 1 aliphatic heterocycles. The number of halogens is 1. The maximum absolute atomic E-state index is 6.01. The minimum absolute atomic E-state index is 0.611. The van der Waals surface area contributed by atoms with E-state index in [1.165, 1.54) is 16.7 Å². The summed E-state index contributed by atoms with van der Waals surface area (Å²) in [5, 5.41) is 4.54. The Morgan fingerprint density at radius 3 is 2.93 bits per heavy atom. The molecule has 4 aromatic rings. The fraction of sp³-hybridized carbons (Fsp3) is 0.190. The highest BCUT2D eigenvalue weighted by Crippen LogP contribution is 2.41.